The van der Waals surface area contributed by atoms with Gasteiger partial charge in [0.2, 0.25) is 5.91 Å². The van der Waals surface area contributed by atoms with Gasteiger partial charge in [-0.25, -0.2) is 4.39 Å². The third-order valence-electron chi connectivity index (χ3n) is 2.71. The number of hydrogen-bond donors (Lipinski definition) is 3. The maximum atomic E-state index is 13.0. The number of benzene rings is 1. The van der Waals surface area contributed by atoms with Crippen molar-refractivity contribution in [3.05, 3.63) is 35.6 Å². The van der Waals surface area contributed by atoms with Crippen LogP contribution in [0.15, 0.2) is 24.3 Å². The van der Waals surface area contributed by atoms with Crippen molar-refractivity contribution in [1.82, 2.24) is 5.32 Å². The summed E-state index contributed by atoms with van der Waals surface area (Å²) < 4.78 is 13.0. The fraction of sp³-hybridized carbons (Fsp3) is 0.385. The lowest BCUT2D eigenvalue weighted by Crippen LogP contribution is -2.41. The average molecular weight is 268 g/mol. The van der Waals surface area contributed by atoms with Gasteiger partial charge in [0.1, 0.15) is 5.82 Å². The summed E-state index contributed by atoms with van der Waals surface area (Å²) in [7, 11) is 0. The molecule has 0 saturated carbocycles. The van der Waals surface area contributed by atoms with Crippen molar-refractivity contribution in [1.29, 1.82) is 0 Å². The standard InChI is InChI=1S/C13H17FN2O3/c1-8(9-3-2-4-10(14)7-9)16-13(19)11(15)5-6-12(17)18/h2-4,7-8,11H,5-6,15H2,1H3,(H,16,19)(H,17,18)/t8-,11?/m1/s1. The van der Waals surface area contributed by atoms with E-state index in [0.29, 0.717) is 5.56 Å². The number of carbonyl (C=O) groups excluding carboxylic acids is 1. The molecule has 0 radical (unpaired) electrons. The van der Waals surface area contributed by atoms with Gasteiger partial charge in [0.15, 0.2) is 0 Å². The monoisotopic (exact) mass is 268 g/mol. The molecule has 1 aromatic rings. The number of amides is 1. The van der Waals surface area contributed by atoms with Crippen LogP contribution in [0, 0.1) is 5.82 Å². The van der Waals surface area contributed by atoms with Gasteiger partial charge in [-0.15, -0.1) is 0 Å². The highest BCUT2D eigenvalue weighted by Crippen LogP contribution is 2.13. The Hall–Kier alpha value is -1.95. The van der Waals surface area contributed by atoms with E-state index in [0.717, 1.165) is 0 Å². The Balaban J connectivity index is 2.54. The first kappa shape index (κ1) is 15.1. The van der Waals surface area contributed by atoms with E-state index in [9.17, 15) is 14.0 Å². The van der Waals surface area contributed by atoms with Crippen molar-refractivity contribution in [2.75, 3.05) is 0 Å². The Bertz CT molecular complexity index is 465. The van der Waals surface area contributed by atoms with Crippen LogP contribution in [0.25, 0.3) is 0 Å². The molecule has 1 amide bonds. The lowest BCUT2D eigenvalue weighted by atomic mass is 10.1. The molecule has 0 aliphatic heterocycles. The molecule has 0 aliphatic carbocycles. The molecule has 5 nitrogen and oxygen atoms in total. The van der Waals surface area contributed by atoms with E-state index in [4.69, 9.17) is 10.8 Å². The van der Waals surface area contributed by atoms with Crippen LogP contribution < -0.4 is 11.1 Å². The number of rotatable bonds is 6. The molecule has 4 N–H and O–H groups in total. The maximum absolute atomic E-state index is 13.0. The largest absolute Gasteiger partial charge is 0.481 e. The van der Waals surface area contributed by atoms with Crippen molar-refractivity contribution in [2.24, 2.45) is 5.73 Å². The molecular formula is C13H17FN2O3. The molecular weight excluding hydrogens is 251 g/mol. The Morgan fingerprint density at radius 2 is 2.16 bits per heavy atom. The Morgan fingerprint density at radius 1 is 1.47 bits per heavy atom. The molecule has 0 saturated heterocycles. The highest BCUT2D eigenvalue weighted by molar-refractivity contribution is 5.82. The molecule has 1 rings (SSSR count). The zero-order valence-electron chi connectivity index (χ0n) is 10.6. The predicted molar refractivity (Wildman–Crippen MR) is 67.8 cm³/mol. The molecule has 104 valence electrons. The average Bonchev–Trinajstić information content (AvgIpc) is 2.35. The van der Waals surface area contributed by atoms with Crippen LogP contribution in [0.4, 0.5) is 4.39 Å². The van der Waals surface area contributed by atoms with Crippen molar-refractivity contribution in [3.8, 4) is 0 Å². The summed E-state index contributed by atoms with van der Waals surface area (Å²) in [5.41, 5.74) is 6.20. The van der Waals surface area contributed by atoms with Crippen molar-refractivity contribution in [2.45, 2.75) is 31.8 Å². The molecule has 1 unspecified atom stereocenters. The molecule has 0 heterocycles. The van der Waals surface area contributed by atoms with Crippen molar-refractivity contribution < 1.29 is 19.1 Å². The summed E-state index contributed by atoms with van der Waals surface area (Å²) in [5.74, 6) is -1.83. The van der Waals surface area contributed by atoms with Gasteiger partial charge in [0.25, 0.3) is 0 Å². The summed E-state index contributed by atoms with van der Waals surface area (Å²) in [6, 6.07) is 4.62. The number of nitrogens with two attached hydrogens (primary N) is 1. The number of hydrogen-bond acceptors (Lipinski definition) is 3. The zero-order valence-corrected chi connectivity index (χ0v) is 10.6. The van der Waals surface area contributed by atoms with Crippen LogP contribution in [-0.4, -0.2) is 23.0 Å². The summed E-state index contributed by atoms with van der Waals surface area (Å²) in [4.78, 5) is 22.1. The topological polar surface area (TPSA) is 92.4 Å². The minimum Gasteiger partial charge on any atom is -0.481 e. The van der Waals surface area contributed by atoms with Crippen LogP contribution in [-0.2, 0) is 9.59 Å². The lowest BCUT2D eigenvalue weighted by Gasteiger charge is -2.17. The Kier molecular flexibility index (Phi) is 5.44. The van der Waals surface area contributed by atoms with Crippen LogP contribution in [0.5, 0.6) is 0 Å². The molecule has 2 atom stereocenters. The van der Waals surface area contributed by atoms with E-state index in [1.807, 2.05) is 0 Å². The third-order valence-corrected chi connectivity index (χ3v) is 2.71. The van der Waals surface area contributed by atoms with Crippen molar-refractivity contribution in [3.63, 3.8) is 0 Å². The van der Waals surface area contributed by atoms with Gasteiger partial charge in [-0.2, -0.15) is 0 Å². The fourth-order valence-corrected chi connectivity index (χ4v) is 1.59. The van der Waals surface area contributed by atoms with E-state index in [1.165, 1.54) is 12.1 Å². The van der Waals surface area contributed by atoms with Gasteiger partial charge >= 0.3 is 5.97 Å². The quantitative estimate of drug-likeness (QED) is 0.722. The molecule has 1 aromatic carbocycles. The second kappa shape index (κ2) is 6.84. The van der Waals surface area contributed by atoms with E-state index >= 15 is 0 Å². The highest BCUT2D eigenvalue weighted by atomic mass is 19.1. The molecule has 6 heteroatoms. The lowest BCUT2D eigenvalue weighted by molar-refractivity contribution is -0.137. The minimum atomic E-state index is -0.999. The van der Waals surface area contributed by atoms with Gasteiger partial charge < -0.3 is 16.2 Å². The van der Waals surface area contributed by atoms with Gasteiger partial charge in [-0.05, 0) is 31.0 Å². The summed E-state index contributed by atoms with van der Waals surface area (Å²) in [6.07, 6.45) is -0.0973. The number of aliphatic carboxylic acids is 1. The Morgan fingerprint density at radius 3 is 2.74 bits per heavy atom. The summed E-state index contributed by atoms with van der Waals surface area (Å²) in [5, 5.41) is 11.1. The van der Waals surface area contributed by atoms with Gasteiger partial charge in [-0.1, -0.05) is 12.1 Å². The normalized spacial score (nSPS) is 13.6. The molecule has 0 fully saturated rings. The van der Waals surface area contributed by atoms with Crippen LogP contribution in [0.1, 0.15) is 31.4 Å². The third kappa shape index (κ3) is 5.05. The van der Waals surface area contributed by atoms with E-state index in [1.54, 1.807) is 19.1 Å². The SMILES string of the molecule is C[C@@H](NC(=O)C(N)CCC(=O)O)c1cccc(F)c1. The molecule has 0 bridgehead atoms. The molecule has 0 spiro atoms. The molecule has 0 aromatic heterocycles. The first-order chi connectivity index (χ1) is 8.90. The number of carbonyl (C=O) groups is 2. The number of nitrogens with one attached hydrogen (secondary N) is 1. The molecule has 19 heavy (non-hydrogen) atoms. The second-order valence-electron chi connectivity index (χ2n) is 4.32. The van der Waals surface area contributed by atoms with Gasteiger partial charge in [0.05, 0.1) is 12.1 Å². The second-order valence-corrected chi connectivity index (χ2v) is 4.32. The maximum Gasteiger partial charge on any atom is 0.303 e. The van der Waals surface area contributed by atoms with E-state index < -0.39 is 17.9 Å². The summed E-state index contributed by atoms with van der Waals surface area (Å²) in [6.45, 7) is 1.70. The summed E-state index contributed by atoms with van der Waals surface area (Å²) >= 11 is 0. The van der Waals surface area contributed by atoms with E-state index in [-0.39, 0.29) is 24.7 Å². The number of carboxylic acid groups (broad SMARTS) is 1. The predicted octanol–water partition coefficient (Wildman–Crippen LogP) is 1.19. The first-order valence-corrected chi connectivity index (χ1v) is 5.93. The van der Waals surface area contributed by atoms with Crippen LogP contribution in [0.2, 0.25) is 0 Å². The first-order valence-electron chi connectivity index (χ1n) is 5.93. The van der Waals surface area contributed by atoms with Gasteiger partial charge in [-0.3, -0.25) is 9.59 Å². The smallest absolute Gasteiger partial charge is 0.303 e. The highest BCUT2D eigenvalue weighted by Gasteiger charge is 2.17. The van der Waals surface area contributed by atoms with E-state index in [2.05, 4.69) is 5.32 Å². The zero-order chi connectivity index (χ0) is 14.4. The van der Waals surface area contributed by atoms with Crippen molar-refractivity contribution >= 4 is 11.9 Å². The fourth-order valence-electron chi connectivity index (χ4n) is 1.59. The van der Waals surface area contributed by atoms with Gasteiger partial charge in [0, 0.05) is 6.42 Å². The number of halogens is 1. The minimum absolute atomic E-state index is 0.0665. The van der Waals surface area contributed by atoms with Crippen LogP contribution in [0.3, 0.4) is 0 Å². The molecule has 0 aliphatic rings. The number of carboxylic acids is 1. The van der Waals surface area contributed by atoms with Crippen LogP contribution >= 0.6 is 0 Å². The Labute approximate surface area is 110 Å².